The maximum absolute atomic E-state index is 13.6. The zero-order chi connectivity index (χ0) is 14.7. The Morgan fingerprint density at radius 2 is 2.20 bits per heavy atom. The van der Waals surface area contributed by atoms with Crippen molar-refractivity contribution in [2.45, 2.75) is 6.92 Å². The van der Waals surface area contributed by atoms with Crippen molar-refractivity contribution < 1.29 is 19.0 Å². The Morgan fingerprint density at radius 1 is 1.45 bits per heavy atom. The first-order valence-electron chi connectivity index (χ1n) is 5.68. The molecule has 0 radical (unpaired) electrons. The average Bonchev–Trinajstić information content (AvgIpc) is 2.41. The number of carbonyl (C=O) groups is 1. The SMILES string of the molecule is COc1ccc(F)c(Nc2ncc(C(=O)O)c(C)n2)c1. The maximum Gasteiger partial charge on any atom is 0.339 e. The lowest BCUT2D eigenvalue weighted by Crippen LogP contribution is -2.06. The van der Waals surface area contributed by atoms with Gasteiger partial charge < -0.3 is 15.2 Å². The third-order valence-electron chi connectivity index (χ3n) is 2.63. The van der Waals surface area contributed by atoms with E-state index in [4.69, 9.17) is 9.84 Å². The van der Waals surface area contributed by atoms with Gasteiger partial charge in [-0.2, -0.15) is 0 Å². The molecule has 7 heteroatoms. The average molecular weight is 277 g/mol. The molecule has 2 aromatic rings. The summed E-state index contributed by atoms with van der Waals surface area (Å²) in [7, 11) is 1.47. The lowest BCUT2D eigenvalue weighted by atomic mass is 10.2. The van der Waals surface area contributed by atoms with E-state index >= 15 is 0 Å². The van der Waals surface area contributed by atoms with E-state index in [-0.39, 0.29) is 17.2 Å². The molecule has 0 amide bonds. The Balaban J connectivity index is 2.30. The number of aromatic nitrogens is 2. The van der Waals surface area contributed by atoms with Crippen LogP contribution in [-0.4, -0.2) is 28.2 Å². The molecular weight excluding hydrogens is 265 g/mol. The second kappa shape index (κ2) is 5.52. The molecule has 1 aromatic carbocycles. The first-order chi connectivity index (χ1) is 9.51. The molecule has 0 saturated carbocycles. The van der Waals surface area contributed by atoms with Crippen LogP contribution in [0.2, 0.25) is 0 Å². The fourth-order valence-electron chi connectivity index (χ4n) is 1.58. The summed E-state index contributed by atoms with van der Waals surface area (Å²) in [5, 5.41) is 11.6. The van der Waals surface area contributed by atoms with Crippen molar-refractivity contribution in [3.63, 3.8) is 0 Å². The van der Waals surface area contributed by atoms with E-state index in [2.05, 4.69) is 15.3 Å². The van der Waals surface area contributed by atoms with Gasteiger partial charge in [-0.25, -0.2) is 19.2 Å². The summed E-state index contributed by atoms with van der Waals surface area (Å²) >= 11 is 0. The highest BCUT2D eigenvalue weighted by atomic mass is 19.1. The lowest BCUT2D eigenvalue weighted by molar-refractivity contribution is 0.0695. The van der Waals surface area contributed by atoms with E-state index in [0.29, 0.717) is 11.4 Å². The van der Waals surface area contributed by atoms with Crippen LogP contribution in [0.25, 0.3) is 0 Å². The first-order valence-corrected chi connectivity index (χ1v) is 5.68. The van der Waals surface area contributed by atoms with Crippen molar-refractivity contribution in [3.05, 3.63) is 41.5 Å². The van der Waals surface area contributed by atoms with E-state index in [1.807, 2.05) is 0 Å². The smallest absolute Gasteiger partial charge is 0.339 e. The van der Waals surface area contributed by atoms with Gasteiger partial charge in [-0.15, -0.1) is 0 Å². The summed E-state index contributed by atoms with van der Waals surface area (Å²) in [6, 6.07) is 4.19. The van der Waals surface area contributed by atoms with Gasteiger partial charge in [-0.05, 0) is 19.1 Å². The number of benzene rings is 1. The van der Waals surface area contributed by atoms with Gasteiger partial charge in [0.25, 0.3) is 0 Å². The number of carboxylic acids is 1. The van der Waals surface area contributed by atoms with Gasteiger partial charge in [-0.3, -0.25) is 0 Å². The molecule has 2 rings (SSSR count). The number of hydrogen-bond donors (Lipinski definition) is 2. The Labute approximate surface area is 114 Å². The highest BCUT2D eigenvalue weighted by molar-refractivity contribution is 5.88. The molecule has 0 bridgehead atoms. The van der Waals surface area contributed by atoms with Crippen LogP contribution in [0.15, 0.2) is 24.4 Å². The van der Waals surface area contributed by atoms with Crippen LogP contribution < -0.4 is 10.1 Å². The molecule has 0 aliphatic carbocycles. The second-order valence-corrected chi connectivity index (χ2v) is 3.97. The lowest BCUT2D eigenvalue weighted by Gasteiger charge is -2.09. The fourth-order valence-corrected chi connectivity index (χ4v) is 1.58. The van der Waals surface area contributed by atoms with Crippen LogP contribution >= 0.6 is 0 Å². The van der Waals surface area contributed by atoms with Gasteiger partial charge >= 0.3 is 5.97 Å². The largest absolute Gasteiger partial charge is 0.497 e. The highest BCUT2D eigenvalue weighted by Gasteiger charge is 2.11. The standard InChI is InChI=1S/C13H12FN3O3/c1-7-9(12(18)19)6-15-13(16-7)17-11-5-8(20-2)3-4-10(11)14/h3-6H,1-2H3,(H,18,19)(H,15,16,17). The van der Waals surface area contributed by atoms with Crippen LogP contribution in [0.1, 0.15) is 16.1 Å². The van der Waals surface area contributed by atoms with Crippen LogP contribution in [-0.2, 0) is 0 Å². The minimum atomic E-state index is -1.11. The zero-order valence-electron chi connectivity index (χ0n) is 10.8. The quantitative estimate of drug-likeness (QED) is 0.892. The number of carboxylic acid groups (broad SMARTS) is 1. The van der Waals surface area contributed by atoms with E-state index in [9.17, 15) is 9.18 Å². The zero-order valence-corrected chi connectivity index (χ0v) is 10.8. The Hall–Kier alpha value is -2.70. The van der Waals surface area contributed by atoms with Crippen molar-refractivity contribution >= 4 is 17.6 Å². The number of nitrogens with zero attached hydrogens (tertiary/aromatic N) is 2. The number of nitrogens with one attached hydrogen (secondary N) is 1. The monoisotopic (exact) mass is 277 g/mol. The van der Waals surface area contributed by atoms with Gasteiger partial charge in [0.15, 0.2) is 0 Å². The summed E-state index contributed by atoms with van der Waals surface area (Å²) in [5.74, 6) is -1.01. The van der Waals surface area contributed by atoms with Crippen molar-refractivity contribution in [3.8, 4) is 5.75 Å². The van der Waals surface area contributed by atoms with Crippen LogP contribution in [0.3, 0.4) is 0 Å². The molecule has 0 spiro atoms. The number of methoxy groups -OCH3 is 1. The summed E-state index contributed by atoms with van der Waals surface area (Å²) in [6.07, 6.45) is 1.17. The predicted molar refractivity (Wildman–Crippen MR) is 70.0 cm³/mol. The summed E-state index contributed by atoms with van der Waals surface area (Å²) in [6.45, 7) is 1.54. The van der Waals surface area contributed by atoms with Crippen molar-refractivity contribution in [2.75, 3.05) is 12.4 Å². The molecule has 0 unspecified atom stereocenters. The Bertz CT molecular complexity index is 661. The number of anilines is 2. The maximum atomic E-state index is 13.6. The molecule has 20 heavy (non-hydrogen) atoms. The van der Waals surface area contributed by atoms with Crippen LogP contribution in [0.5, 0.6) is 5.75 Å². The number of aromatic carboxylic acids is 1. The fraction of sp³-hybridized carbons (Fsp3) is 0.154. The predicted octanol–water partition coefficient (Wildman–Crippen LogP) is 2.37. The minimum absolute atomic E-state index is 0.00154. The summed E-state index contributed by atoms with van der Waals surface area (Å²) < 4.78 is 18.6. The van der Waals surface area contributed by atoms with E-state index in [0.717, 1.165) is 0 Å². The van der Waals surface area contributed by atoms with Gasteiger partial charge in [0.1, 0.15) is 11.6 Å². The number of aryl methyl sites for hydroxylation is 1. The molecule has 1 aromatic heterocycles. The normalized spacial score (nSPS) is 10.2. The van der Waals surface area contributed by atoms with Crippen molar-refractivity contribution in [1.82, 2.24) is 9.97 Å². The Kier molecular flexibility index (Phi) is 3.79. The first kappa shape index (κ1) is 13.7. The number of hydrogen-bond acceptors (Lipinski definition) is 5. The number of ether oxygens (including phenoxy) is 1. The molecule has 0 atom stereocenters. The third kappa shape index (κ3) is 2.82. The van der Waals surface area contributed by atoms with Gasteiger partial charge in [0.2, 0.25) is 5.95 Å². The van der Waals surface area contributed by atoms with E-state index < -0.39 is 11.8 Å². The van der Waals surface area contributed by atoms with E-state index in [1.165, 1.54) is 38.4 Å². The van der Waals surface area contributed by atoms with Crippen LogP contribution in [0.4, 0.5) is 16.0 Å². The molecule has 0 aliphatic rings. The number of rotatable bonds is 4. The van der Waals surface area contributed by atoms with Crippen molar-refractivity contribution in [1.29, 1.82) is 0 Å². The number of halogens is 1. The molecule has 0 fully saturated rings. The van der Waals surface area contributed by atoms with Gasteiger partial charge in [-0.1, -0.05) is 0 Å². The molecule has 1 heterocycles. The molecule has 6 nitrogen and oxygen atoms in total. The van der Waals surface area contributed by atoms with E-state index in [1.54, 1.807) is 0 Å². The summed E-state index contributed by atoms with van der Waals surface area (Å²) in [4.78, 5) is 18.7. The highest BCUT2D eigenvalue weighted by Crippen LogP contribution is 2.23. The third-order valence-corrected chi connectivity index (χ3v) is 2.63. The molecule has 0 saturated heterocycles. The summed E-state index contributed by atoms with van der Waals surface area (Å²) in [5.41, 5.74) is 0.437. The van der Waals surface area contributed by atoms with Crippen molar-refractivity contribution in [2.24, 2.45) is 0 Å². The molecule has 0 aliphatic heterocycles. The van der Waals surface area contributed by atoms with Crippen LogP contribution in [0, 0.1) is 12.7 Å². The van der Waals surface area contributed by atoms with Gasteiger partial charge in [0, 0.05) is 12.3 Å². The molecule has 104 valence electrons. The van der Waals surface area contributed by atoms with Gasteiger partial charge in [0.05, 0.1) is 24.1 Å². The minimum Gasteiger partial charge on any atom is -0.497 e. The Morgan fingerprint density at radius 3 is 2.80 bits per heavy atom. The molecular formula is C13H12FN3O3. The second-order valence-electron chi connectivity index (χ2n) is 3.97. The molecule has 2 N–H and O–H groups in total. The topological polar surface area (TPSA) is 84.3 Å².